The van der Waals surface area contributed by atoms with Crippen LogP contribution in [0.3, 0.4) is 0 Å². The summed E-state index contributed by atoms with van der Waals surface area (Å²) in [5, 5.41) is 3.36. The molecule has 0 aliphatic carbocycles. The van der Waals surface area contributed by atoms with Crippen molar-refractivity contribution in [2.75, 3.05) is 20.2 Å². The third-order valence-electron chi connectivity index (χ3n) is 3.70. The fourth-order valence-corrected chi connectivity index (χ4v) is 2.65. The summed E-state index contributed by atoms with van der Waals surface area (Å²) < 4.78 is 6.95. The van der Waals surface area contributed by atoms with Gasteiger partial charge in [-0.25, -0.2) is 9.78 Å². The number of imidazole rings is 1. The van der Waals surface area contributed by atoms with E-state index in [1.165, 1.54) is 7.11 Å². The van der Waals surface area contributed by atoms with Crippen LogP contribution in [0.5, 0.6) is 0 Å². The number of piperidine rings is 1. The summed E-state index contributed by atoms with van der Waals surface area (Å²) in [6.07, 6.45) is 4.11. The number of ether oxygens (including phenoxy) is 1. The first kappa shape index (κ1) is 14.8. The molecule has 0 radical (unpaired) electrons. The number of nitrogens with one attached hydrogen (secondary N) is 1. The molecule has 1 aromatic heterocycles. The molecule has 1 saturated heterocycles. The second-order valence-corrected chi connectivity index (χ2v) is 4.83. The Balaban J connectivity index is 0.00000147. The van der Waals surface area contributed by atoms with Gasteiger partial charge < -0.3 is 14.6 Å². The van der Waals surface area contributed by atoms with E-state index in [0.29, 0.717) is 11.6 Å². The van der Waals surface area contributed by atoms with E-state index in [9.17, 15) is 4.79 Å². The molecule has 0 saturated carbocycles. The van der Waals surface area contributed by atoms with Gasteiger partial charge in [0, 0.05) is 6.04 Å². The van der Waals surface area contributed by atoms with Crippen LogP contribution in [-0.2, 0) is 4.74 Å². The Hall–Kier alpha value is -1.59. The van der Waals surface area contributed by atoms with Crippen molar-refractivity contribution >= 4 is 29.4 Å². The number of rotatable bonds is 2. The number of carbonyl (C=O) groups excluding carboxylic acids is 1. The van der Waals surface area contributed by atoms with Gasteiger partial charge in [0.1, 0.15) is 0 Å². The van der Waals surface area contributed by atoms with Crippen molar-refractivity contribution in [1.29, 1.82) is 0 Å². The van der Waals surface area contributed by atoms with E-state index in [0.717, 1.165) is 37.0 Å². The van der Waals surface area contributed by atoms with Gasteiger partial charge in [-0.1, -0.05) is 0 Å². The molecule has 1 aliphatic rings. The number of methoxy groups -OCH3 is 1. The Labute approximate surface area is 123 Å². The largest absolute Gasteiger partial charge is 0.465 e. The van der Waals surface area contributed by atoms with Crippen LogP contribution in [0, 0.1) is 0 Å². The molecule has 20 heavy (non-hydrogen) atoms. The topological polar surface area (TPSA) is 56.1 Å². The maximum absolute atomic E-state index is 11.5. The monoisotopic (exact) mass is 295 g/mol. The predicted molar refractivity (Wildman–Crippen MR) is 79.5 cm³/mol. The molecule has 0 spiro atoms. The van der Waals surface area contributed by atoms with Crippen LogP contribution in [0.1, 0.15) is 29.2 Å². The standard InChI is InChI=1S/C14H17N3O2.ClH/c1-19-14(18)10-2-3-13-12(8-10)16-9-17(13)11-4-6-15-7-5-11;/h2-3,8-9,11,15H,4-7H2,1H3;1H. The van der Waals surface area contributed by atoms with E-state index in [1.807, 2.05) is 12.4 Å². The first-order valence-electron chi connectivity index (χ1n) is 6.55. The van der Waals surface area contributed by atoms with Crippen LogP contribution in [0.4, 0.5) is 0 Å². The number of esters is 1. The van der Waals surface area contributed by atoms with Gasteiger partial charge in [0.25, 0.3) is 0 Å². The highest BCUT2D eigenvalue weighted by Gasteiger charge is 2.17. The molecule has 108 valence electrons. The van der Waals surface area contributed by atoms with E-state index in [-0.39, 0.29) is 18.4 Å². The highest BCUT2D eigenvalue weighted by molar-refractivity contribution is 5.93. The molecule has 1 aliphatic heterocycles. The number of fused-ring (bicyclic) bond motifs is 1. The van der Waals surface area contributed by atoms with E-state index in [2.05, 4.69) is 14.9 Å². The predicted octanol–water partition coefficient (Wildman–Crippen LogP) is 2.17. The number of hydrogen-bond acceptors (Lipinski definition) is 4. The molecule has 2 heterocycles. The zero-order valence-electron chi connectivity index (χ0n) is 11.3. The summed E-state index contributed by atoms with van der Waals surface area (Å²) in [6, 6.07) is 6.04. The molecule has 0 atom stereocenters. The lowest BCUT2D eigenvalue weighted by Crippen LogP contribution is -2.29. The van der Waals surface area contributed by atoms with Crippen molar-refractivity contribution in [1.82, 2.24) is 14.9 Å². The minimum Gasteiger partial charge on any atom is -0.465 e. The van der Waals surface area contributed by atoms with Crippen LogP contribution in [0.25, 0.3) is 11.0 Å². The maximum atomic E-state index is 11.5. The molecule has 0 bridgehead atoms. The van der Waals surface area contributed by atoms with Gasteiger partial charge in [-0.3, -0.25) is 0 Å². The van der Waals surface area contributed by atoms with E-state index in [1.54, 1.807) is 12.1 Å². The third-order valence-corrected chi connectivity index (χ3v) is 3.70. The first-order valence-corrected chi connectivity index (χ1v) is 6.55. The molecule has 0 amide bonds. The minimum atomic E-state index is -0.321. The normalized spacial score (nSPS) is 15.8. The summed E-state index contributed by atoms with van der Waals surface area (Å²) in [4.78, 5) is 15.9. The quantitative estimate of drug-likeness (QED) is 0.863. The van der Waals surface area contributed by atoms with Crippen LogP contribution in [0.15, 0.2) is 24.5 Å². The fraction of sp³-hybridized carbons (Fsp3) is 0.429. The van der Waals surface area contributed by atoms with Crippen molar-refractivity contribution in [2.24, 2.45) is 0 Å². The molecule has 1 N–H and O–H groups in total. The number of benzene rings is 1. The van der Waals surface area contributed by atoms with Crippen LogP contribution in [0.2, 0.25) is 0 Å². The van der Waals surface area contributed by atoms with Gasteiger partial charge >= 0.3 is 5.97 Å². The summed E-state index contributed by atoms with van der Waals surface area (Å²) in [5.74, 6) is -0.321. The molecule has 0 unspecified atom stereocenters. The lowest BCUT2D eigenvalue weighted by atomic mass is 10.1. The Morgan fingerprint density at radius 3 is 2.85 bits per heavy atom. The summed E-state index contributed by atoms with van der Waals surface area (Å²) in [7, 11) is 1.39. The number of carbonyl (C=O) groups is 1. The lowest BCUT2D eigenvalue weighted by Gasteiger charge is -2.24. The SMILES string of the molecule is COC(=O)c1ccc2c(c1)ncn2C1CCNCC1.Cl. The smallest absolute Gasteiger partial charge is 0.337 e. The number of halogens is 1. The van der Waals surface area contributed by atoms with Gasteiger partial charge in [0.2, 0.25) is 0 Å². The Morgan fingerprint density at radius 2 is 2.15 bits per heavy atom. The number of hydrogen-bond donors (Lipinski definition) is 1. The number of aromatic nitrogens is 2. The van der Waals surface area contributed by atoms with Gasteiger partial charge in [0.05, 0.1) is 30.0 Å². The van der Waals surface area contributed by atoms with Gasteiger partial charge in [-0.05, 0) is 44.1 Å². The summed E-state index contributed by atoms with van der Waals surface area (Å²) in [6.45, 7) is 2.09. The molecule has 1 fully saturated rings. The first-order chi connectivity index (χ1) is 9.29. The second-order valence-electron chi connectivity index (χ2n) is 4.83. The van der Waals surface area contributed by atoms with Crippen molar-refractivity contribution < 1.29 is 9.53 Å². The van der Waals surface area contributed by atoms with Crippen molar-refractivity contribution in [3.63, 3.8) is 0 Å². The van der Waals surface area contributed by atoms with Crippen LogP contribution < -0.4 is 5.32 Å². The average molecular weight is 296 g/mol. The molecular formula is C14H18ClN3O2. The lowest BCUT2D eigenvalue weighted by molar-refractivity contribution is 0.0601. The van der Waals surface area contributed by atoms with Gasteiger partial charge in [0.15, 0.2) is 0 Å². The maximum Gasteiger partial charge on any atom is 0.337 e. The molecular weight excluding hydrogens is 278 g/mol. The Bertz CT molecular complexity index is 605. The van der Waals surface area contributed by atoms with E-state index in [4.69, 9.17) is 4.74 Å². The molecule has 5 nitrogen and oxygen atoms in total. The van der Waals surface area contributed by atoms with Crippen molar-refractivity contribution in [3.8, 4) is 0 Å². The third kappa shape index (κ3) is 2.64. The zero-order valence-corrected chi connectivity index (χ0v) is 12.2. The molecule has 2 aromatic rings. The molecule has 6 heteroatoms. The summed E-state index contributed by atoms with van der Waals surface area (Å²) >= 11 is 0. The van der Waals surface area contributed by atoms with Crippen molar-refractivity contribution in [3.05, 3.63) is 30.1 Å². The number of nitrogens with zero attached hydrogens (tertiary/aromatic N) is 2. The van der Waals surface area contributed by atoms with E-state index >= 15 is 0 Å². The molecule has 3 rings (SSSR count). The van der Waals surface area contributed by atoms with Crippen LogP contribution in [-0.4, -0.2) is 35.7 Å². The highest BCUT2D eigenvalue weighted by atomic mass is 35.5. The van der Waals surface area contributed by atoms with Gasteiger partial charge in [-0.2, -0.15) is 0 Å². The Morgan fingerprint density at radius 1 is 1.40 bits per heavy atom. The van der Waals surface area contributed by atoms with Crippen molar-refractivity contribution in [2.45, 2.75) is 18.9 Å². The summed E-state index contributed by atoms with van der Waals surface area (Å²) in [5.41, 5.74) is 2.48. The highest BCUT2D eigenvalue weighted by Crippen LogP contribution is 2.24. The Kier molecular flexibility index (Phi) is 4.62. The van der Waals surface area contributed by atoms with Gasteiger partial charge in [-0.15, -0.1) is 12.4 Å². The fourth-order valence-electron chi connectivity index (χ4n) is 2.65. The van der Waals surface area contributed by atoms with Crippen LogP contribution >= 0.6 is 12.4 Å². The zero-order chi connectivity index (χ0) is 13.2. The molecule has 1 aromatic carbocycles. The second kappa shape index (κ2) is 6.24. The minimum absolute atomic E-state index is 0. The van der Waals surface area contributed by atoms with E-state index < -0.39 is 0 Å². The average Bonchev–Trinajstić information content (AvgIpc) is 2.90.